The number of hydrogen-bond acceptors (Lipinski definition) is 6. The van der Waals surface area contributed by atoms with Gasteiger partial charge in [0.2, 0.25) is 0 Å². The van der Waals surface area contributed by atoms with Crippen LogP contribution in [-0.4, -0.2) is 62.7 Å². The molecule has 0 amide bonds. The highest BCUT2D eigenvalue weighted by Gasteiger charge is 2.16. The Morgan fingerprint density at radius 1 is 0.871 bits per heavy atom. The average molecular weight is 415 g/mol. The lowest BCUT2D eigenvalue weighted by Gasteiger charge is -2.32. The largest absolute Gasteiger partial charge is 0.508 e. The molecule has 2 aromatic heterocycles. The standard InChI is InChI=1S/C24H26N6O/c1-28-10-12-29(13-11-28)16-17-2-4-19(5-3-17)22-15-27-30-23(25)21(14-26-24(22)30)18-6-8-20(31)9-7-18/h2-9,14-15,31H,10-13,16,25H2,1H3. The number of aromatic nitrogens is 3. The number of nitrogens with two attached hydrogens (primary N) is 1. The van der Waals surface area contributed by atoms with Gasteiger partial charge in [-0.1, -0.05) is 36.4 Å². The van der Waals surface area contributed by atoms with Crippen LogP contribution < -0.4 is 5.73 Å². The Kier molecular flexibility index (Phi) is 5.05. The van der Waals surface area contributed by atoms with E-state index < -0.39 is 0 Å². The van der Waals surface area contributed by atoms with Crippen molar-refractivity contribution in [3.63, 3.8) is 0 Å². The summed E-state index contributed by atoms with van der Waals surface area (Å²) in [4.78, 5) is 9.51. The van der Waals surface area contributed by atoms with E-state index >= 15 is 0 Å². The number of rotatable bonds is 4. The monoisotopic (exact) mass is 414 g/mol. The van der Waals surface area contributed by atoms with E-state index in [0.29, 0.717) is 5.82 Å². The number of phenolic OH excluding ortho intramolecular Hbond substituents is 1. The number of nitrogens with zero attached hydrogens (tertiary/aromatic N) is 5. The Bertz CT molecular complexity index is 1190. The third kappa shape index (κ3) is 3.85. The van der Waals surface area contributed by atoms with E-state index in [2.05, 4.69) is 51.2 Å². The lowest BCUT2D eigenvalue weighted by Crippen LogP contribution is -2.43. The molecule has 3 N–H and O–H groups in total. The first-order valence-electron chi connectivity index (χ1n) is 10.5. The zero-order chi connectivity index (χ0) is 21.4. The highest BCUT2D eigenvalue weighted by atomic mass is 16.3. The van der Waals surface area contributed by atoms with Crippen LogP contribution in [0.5, 0.6) is 5.75 Å². The van der Waals surface area contributed by atoms with Crippen molar-refractivity contribution >= 4 is 11.5 Å². The maximum atomic E-state index is 9.53. The van der Waals surface area contributed by atoms with E-state index in [-0.39, 0.29) is 5.75 Å². The second kappa shape index (κ2) is 8.02. The van der Waals surface area contributed by atoms with Gasteiger partial charge < -0.3 is 15.7 Å². The summed E-state index contributed by atoms with van der Waals surface area (Å²) < 4.78 is 1.68. The van der Waals surface area contributed by atoms with Gasteiger partial charge in [0.15, 0.2) is 5.65 Å². The molecule has 1 fully saturated rings. The van der Waals surface area contributed by atoms with Crippen LogP contribution in [0.2, 0.25) is 0 Å². The van der Waals surface area contributed by atoms with Gasteiger partial charge in [0.05, 0.1) is 6.20 Å². The van der Waals surface area contributed by atoms with Crippen LogP contribution in [0.25, 0.3) is 27.9 Å². The van der Waals surface area contributed by atoms with Crippen LogP contribution >= 0.6 is 0 Å². The van der Waals surface area contributed by atoms with Gasteiger partial charge in [0.1, 0.15) is 11.6 Å². The van der Waals surface area contributed by atoms with Crippen molar-refractivity contribution in [2.75, 3.05) is 39.0 Å². The fourth-order valence-corrected chi connectivity index (χ4v) is 4.07. The van der Waals surface area contributed by atoms with Gasteiger partial charge in [0, 0.05) is 50.0 Å². The van der Waals surface area contributed by atoms with Gasteiger partial charge in [0.25, 0.3) is 0 Å². The number of benzene rings is 2. The Morgan fingerprint density at radius 2 is 1.52 bits per heavy atom. The topological polar surface area (TPSA) is 82.9 Å². The van der Waals surface area contributed by atoms with Crippen molar-refractivity contribution in [2.45, 2.75) is 6.54 Å². The second-order valence-electron chi connectivity index (χ2n) is 8.17. The minimum absolute atomic E-state index is 0.216. The molecule has 0 atom stereocenters. The van der Waals surface area contributed by atoms with Crippen LogP contribution in [0.3, 0.4) is 0 Å². The first-order valence-corrected chi connectivity index (χ1v) is 10.5. The van der Waals surface area contributed by atoms with Crippen LogP contribution in [0.1, 0.15) is 5.56 Å². The van der Waals surface area contributed by atoms with Crippen LogP contribution in [0.15, 0.2) is 60.9 Å². The number of phenols is 1. The molecule has 3 heterocycles. The molecule has 4 aromatic rings. The molecule has 2 aromatic carbocycles. The van der Waals surface area contributed by atoms with Crippen molar-refractivity contribution in [1.29, 1.82) is 0 Å². The molecular formula is C24H26N6O. The third-order valence-electron chi connectivity index (χ3n) is 6.01. The van der Waals surface area contributed by atoms with Crippen molar-refractivity contribution in [3.05, 3.63) is 66.5 Å². The van der Waals surface area contributed by atoms with Crippen LogP contribution in [-0.2, 0) is 6.54 Å². The maximum Gasteiger partial charge on any atom is 0.165 e. The fourth-order valence-electron chi connectivity index (χ4n) is 4.07. The summed E-state index contributed by atoms with van der Waals surface area (Å²) >= 11 is 0. The Labute approximate surface area is 181 Å². The van der Waals surface area contributed by atoms with Crippen molar-refractivity contribution in [1.82, 2.24) is 24.4 Å². The zero-order valence-corrected chi connectivity index (χ0v) is 17.6. The summed E-state index contributed by atoms with van der Waals surface area (Å²) in [6, 6.07) is 15.5. The number of hydrogen-bond donors (Lipinski definition) is 2. The Hall–Kier alpha value is -3.42. The Morgan fingerprint density at radius 3 is 2.23 bits per heavy atom. The van der Waals surface area contributed by atoms with Crippen molar-refractivity contribution in [3.8, 4) is 28.0 Å². The summed E-state index contributed by atoms with van der Waals surface area (Å²) in [5, 5.41) is 14.0. The summed E-state index contributed by atoms with van der Waals surface area (Å²) in [5.41, 5.74) is 12.1. The van der Waals surface area contributed by atoms with Gasteiger partial charge in [-0.25, -0.2) is 4.98 Å². The smallest absolute Gasteiger partial charge is 0.165 e. The molecule has 1 aliphatic heterocycles. The molecule has 7 heteroatoms. The predicted octanol–water partition coefficient (Wildman–Crippen LogP) is 3.10. The molecule has 0 spiro atoms. The highest BCUT2D eigenvalue weighted by Crippen LogP contribution is 2.30. The minimum atomic E-state index is 0.216. The van der Waals surface area contributed by atoms with E-state index in [9.17, 15) is 5.11 Å². The molecule has 0 bridgehead atoms. The van der Waals surface area contributed by atoms with E-state index in [1.165, 1.54) is 5.56 Å². The third-order valence-corrected chi connectivity index (χ3v) is 6.01. The average Bonchev–Trinajstić information content (AvgIpc) is 3.22. The molecule has 5 rings (SSSR count). The second-order valence-corrected chi connectivity index (χ2v) is 8.17. The van der Waals surface area contributed by atoms with Crippen LogP contribution in [0.4, 0.5) is 5.82 Å². The molecule has 0 saturated carbocycles. The summed E-state index contributed by atoms with van der Waals surface area (Å²) in [7, 11) is 2.18. The SMILES string of the molecule is CN1CCN(Cc2ccc(-c3cnn4c(N)c(-c5ccc(O)cc5)cnc34)cc2)CC1. The molecule has 1 saturated heterocycles. The zero-order valence-electron chi connectivity index (χ0n) is 17.6. The molecule has 31 heavy (non-hydrogen) atoms. The molecule has 0 radical (unpaired) electrons. The highest BCUT2D eigenvalue weighted by molar-refractivity contribution is 5.82. The van der Waals surface area contributed by atoms with Gasteiger partial charge in [-0.05, 0) is 35.9 Å². The first-order chi connectivity index (χ1) is 15.1. The van der Waals surface area contributed by atoms with Crippen LogP contribution in [0, 0.1) is 0 Å². The van der Waals surface area contributed by atoms with E-state index in [0.717, 1.165) is 60.6 Å². The van der Waals surface area contributed by atoms with E-state index in [1.54, 1.807) is 22.8 Å². The molecule has 1 aliphatic rings. The molecule has 0 unspecified atom stereocenters. The van der Waals surface area contributed by atoms with Gasteiger partial charge in [-0.2, -0.15) is 9.61 Å². The number of likely N-dealkylation sites (N-methyl/N-ethyl adjacent to an activating group) is 1. The molecule has 0 aliphatic carbocycles. The van der Waals surface area contributed by atoms with Crippen molar-refractivity contribution in [2.24, 2.45) is 0 Å². The molecule has 7 nitrogen and oxygen atoms in total. The summed E-state index contributed by atoms with van der Waals surface area (Å²) in [6.07, 6.45) is 3.58. The molecule has 158 valence electrons. The number of piperazine rings is 1. The number of aromatic hydroxyl groups is 1. The normalized spacial score (nSPS) is 15.5. The maximum absolute atomic E-state index is 9.53. The fraction of sp³-hybridized carbons (Fsp3) is 0.250. The van der Waals surface area contributed by atoms with Crippen molar-refractivity contribution < 1.29 is 5.11 Å². The molecular weight excluding hydrogens is 388 g/mol. The first kappa shape index (κ1) is 19.5. The lowest BCUT2D eigenvalue weighted by molar-refractivity contribution is 0.148. The summed E-state index contributed by atoms with van der Waals surface area (Å²) in [6.45, 7) is 5.45. The van der Waals surface area contributed by atoms with Gasteiger partial charge >= 0.3 is 0 Å². The summed E-state index contributed by atoms with van der Waals surface area (Å²) in [5.74, 6) is 0.738. The number of nitrogen functional groups attached to an aromatic ring is 1. The number of anilines is 1. The predicted molar refractivity (Wildman–Crippen MR) is 123 cm³/mol. The quantitative estimate of drug-likeness (QED) is 0.534. The van der Waals surface area contributed by atoms with Gasteiger partial charge in [-0.3, -0.25) is 4.90 Å². The van der Waals surface area contributed by atoms with E-state index in [1.807, 2.05) is 18.3 Å². The van der Waals surface area contributed by atoms with Gasteiger partial charge in [-0.15, -0.1) is 0 Å². The number of fused-ring (bicyclic) bond motifs is 1. The minimum Gasteiger partial charge on any atom is -0.508 e. The lowest BCUT2D eigenvalue weighted by atomic mass is 10.1. The Balaban J connectivity index is 1.40. The van der Waals surface area contributed by atoms with E-state index in [4.69, 9.17) is 5.73 Å².